The van der Waals surface area contributed by atoms with Gasteiger partial charge in [0, 0.05) is 36.6 Å². The van der Waals surface area contributed by atoms with E-state index in [-0.39, 0.29) is 11.1 Å². The van der Waals surface area contributed by atoms with Crippen LogP contribution in [0, 0.1) is 6.92 Å². The average molecular weight is 373 g/mol. The maximum absolute atomic E-state index is 12.9. The number of aryl methyl sites for hydroxylation is 1. The van der Waals surface area contributed by atoms with Gasteiger partial charge in [-0.1, -0.05) is 11.6 Å². The lowest BCUT2D eigenvalue weighted by Crippen LogP contribution is -2.75. The molecule has 0 unspecified atom stereocenters. The van der Waals surface area contributed by atoms with Crippen molar-refractivity contribution in [2.45, 2.75) is 12.5 Å². The van der Waals surface area contributed by atoms with Crippen LogP contribution < -0.4 is 5.56 Å². The number of hydrogen-bond donors (Lipinski definition) is 1. The highest BCUT2D eigenvalue weighted by Gasteiger charge is 2.48. The Hall–Kier alpha value is -1.93. The predicted molar refractivity (Wildman–Crippen MR) is 101 cm³/mol. The first-order valence-corrected chi connectivity index (χ1v) is 9.19. The topological polar surface area (TPSA) is 59.9 Å². The van der Waals surface area contributed by atoms with Crippen LogP contribution in [0.15, 0.2) is 34.1 Å². The molecule has 1 aromatic carbocycles. The maximum Gasteiger partial charge on any atom is 0.280 e. The molecule has 0 spiro atoms. The SMILES string of the molecule is Cc1[nH]n(-c2ccc(Cl)cc2)c(=O)c1C=NC12CN3CN(CN(C3)C1)C2. The lowest BCUT2D eigenvalue weighted by molar-refractivity contribution is -0.139. The minimum atomic E-state index is -0.129. The lowest BCUT2D eigenvalue weighted by Gasteiger charge is -2.59. The fourth-order valence-electron chi connectivity index (χ4n) is 4.49. The van der Waals surface area contributed by atoms with E-state index in [4.69, 9.17) is 16.6 Å². The van der Waals surface area contributed by atoms with E-state index in [1.807, 2.05) is 19.1 Å². The number of rotatable bonds is 3. The summed E-state index contributed by atoms with van der Waals surface area (Å²) in [4.78, 5) is 25.1. The molecular formula is C18H21ClN6O. The molecule has 8 heteroatoms. The summed E-state index contributed by atoms with van der Waals surface area (Å²) < 4.78 is 1.54. The minimum absolute atomic E-state index is 0.0841. The number of benzene rings is 1. The minimum Gasteiger partial charge on any atom is -0.295 e. The molecule has 1 N–H and O–H groups in total. The van der Waals surface area contributed by atoms with Crippen LogP contribution >= 0.6 is 11.6 Å². The van der Waals surface area contributed by atoms with Gasteiger partial charge in [0.2, 0.25) is 0 Å². The molecule has 0 amide bonds. The van der Waals surface area contributed by atoms with E-state index in [9.17, 15) is 4.79 Å². The number of aromatic amines is 1. The smallest absolute Gasteiger partial charge is 0.280 e. The Labute approximate surface area is 156 Å². The van der Waals surface area contributed by atoms with Gasteiger partial charge in [-0.3, -0.25) is 29.6 Å². The van der Waals surface area contributed by atoms with Crippen molar-refractivity contribution < 1.29 is 0 Å². The number of hydrogen-bond acceptors (Lipinski definition) is 5. The summed E-state index contributed by atoms with van der Waals surface area (Å²) in [6.07, 6.45) is 1.77. The van der Waals surface area contributed by atoms with E-state index < -0.39 is 0 Å². The molecule has 4 aliphatic heterocycles. The summed E-state index contributed by atoms with van der Waals surface area (Å²) in [5.74, 6) is 0. The summed E-state index contributed by atoms with van der Waals surface area (Å²) in [5, 5.41) is 3.79. The fraction of sp³-hybridized carbons (Fsp3) is 0.444. The van der Waals surface area contributed by atoms with Crippen LogP contribution in [-0.2, 0) is 0 Å². The van der Waals surface area contributed by atoms with E-state index in [2.05, 4.69) is 19.8 Å². The zero-order valence-electron chi connectivity index (χ0n) is 14.7. The molecule has 4 fully saturated rings. The van der Waals surface area contributed by atoms with Gasteiger partial charge in [0.1, 0.15) is 0 Å². The summed E-state index contributed by atoms with van der Waals surface area (Å²) in [5.41, 5.74) is 1.99. The first-order chi connectivity index (χ1) is 12.5. The highest BCUT2D eigenvalue weighted by Crippen LogP contribution is 2.31. The number of aliphatic imine (C=N–C) groups is 1. The van der Waals surface area contributed by atoms with Crippen molar-refractivity contribution in [2.75, 3.05) is 39.6 Å². The second kappa shape index (κ2) is 5.79. The molecule has 136 valence electrons. The van der Waals surface area contributed by atoms with Crippen molar-refractivity contribution in [1.29, 1.82) is 0 Å². The second-order valence-corrected chi connectivity index (χ2v) is 8.10. The molecule has 0 radical (unpaired) electrons. The molecule has 6 rings (SSSR count). The number of H-pyrrole nitrogens is 1. The van der Waals surface area contributed by atoms with Gasteiger partial charge in [0.15, 0.2) is 0 Å². The van der Waals surface area contributed by atoms with Gasteiger partial charge >= 0.3 is 0 Å². The zero-order valence-corrected chi connectivity index (χ0v) is 15.4. The van der Waals surface area contributed by atoms with Crippen LogP contribution in [0.2, 0.25) is 5.02 Å². The molecule has 1 aromatic heterocycles. The largest absolute Gasteiger partial charge is 0.295 e. The summed E-state index contributed by atoms with van der Waals surface area (Å²) in [7, 11) is 0. The van der Waals surface area contributed by atoms with Crippen molar-refractivity contribution in [3.8, 4) is 5.69 Å². The van der Waals surface area contributed by atoms with E-state index in [0.717, 1.165) is 51.0 Å². The van der Waals surface area contributed by atoms with Crippen molar-refractivity contribution >= 4 is 17.8 Å². The van der Waals surface area contributed by atoms with Gasteiger partial charge in [-0.15, -0.1) is 0 Å². The molecule has 2 aromatic rings. The Balaban J connectivity index is 1.47. The standard InChI is InChI=1S/C18H21ClN6O/c1-13-16(17(26)25(21-13)15-4-2-14(19)3-5-15)6-20-18-7-22-10-23(8-18)12-24(9-18)11-22/h2-6,21H,7-12H2,1H3. The van der Waals surface area contributed by atoms with Crippen LogP contribution in [-0.4, -0.2) is 75.9 Å². The van der Waals surface area contributed by atoms with E-state index in [1.165, 1.54) is 0 Å². The van der Waals surface area contributed by atoms with E-state index >= 15 is 0 Å². The summed E-state index contributed by atoms with van der Waals surface area (Å²) in [6.45, 7) is 7.88. The van der Waals surface area contributed by atoms with Gasteiger partial charge in [-0.25, -0.2) is 4.68 Å². The highest BCUT2D eigenvalue weighted by atomic mass is 35.5. The molecule has 4 saturated heterocycles. The molecule has 26 heavy (non-hydrogen) atoms. The highest BCUT2D eigenvalue weighted by molar-refractivity contribution is 6.30. The molecule has 0 atom stereocenters. The van der Waals surface area contributed by atoms with Crippen LogP contribution in [0.25, 0.3) is 5.69 Å². The van der Waals surface area contributed by atoms with Crippen molar-refractivity contribution in [3.05, 3.63) is 50.9 Å². The fourth-order valence-corrected chi connectivity index (χ4v) is 4.61. The van der Waals surface area contributed by atoms with Gasteiger partial charge in [-0.05, 0) is 31.2 Å². The quantitative estimate of drug-likeness (QED) is 0.820. The second-order valence-electron chi connectivity index (χ2n) is 7.66. The van der Waals surface area contributed by atoms with Crippen LogP contribution in [0.5, 0.6) is 0 Å². The third kappa shape index (κ3) is 2.63. The Bertz CT molecular complexity index is 893. The normalized spacial score (nSPS) is 32.6. The third-order valence-electron chi connectivity index (χ3n) is 5.42. The number of nitrogens with zero attached hydrogens (tertiary/aromatic N) is 5. The van der Waals surface area contributed by atoms with Crippen LogP contribution in [0.4, 0.5) is 0 Å². The number of halogens is 1. The molecular weight excluding hydrogens is 352 g/mol. The van der Waals surface area contributed by atoms with Gasteiger partial charge in [0.25, 0.3) is 5.56 Å². The van der Waals surface area contributed by atoms with E-state index in [1.54, 1.807) is 23.0 Å². The molecule has 0 aliphatic carbocycles. The lowest BCUT2D eigenvalue weighted by atomic mass is 9.91. The summed E-state index contributed by atoms with van der Waals surface area (Å²) in [6, 6.07) is 7.21. The molecule has 4 aliphatic rings. The Kier molecular flexibility index (Phi) is 3.62. The monoisotopic (exact) mass is 372 g/mol. The van der Waals surface area contributed by atoms with Crippen molar-refractivity contribution in [3.63, 3.8) is 0 Å². The van der Waals surface area contributed by atoms with Gasteiger partial charge in [-0.2, -0.15) is 0 Å². The average Bonchev–Trinajstić information content (AvgIpc) is 2.87. The van der Waals surface area contributed by atoms with Crippen molar-refractivity contribution in [2.24, 2.45) is 4.99 Å². The third-order valence-corrected chi connectivity index (χ3v) is 5.68. The zero-order chi connectivity index (χ0) is 17.9. The molecule has 7 nitrogen and oxygen atoms in total. The first-order valence-electron chi connectivity index (χ1n) is 8.81. The Morgan fingerprint density at radius 3 is 2.23 bits per heavy atom. The Morgan fingerprint density at radius 2 is 1.65 bits per heavy atom. The number of aromatic nitrogens is 2. The van der Waals surface area contributed by atoms with Crippen LogP contribution in [0.1, 0.15) is 11.3 Å². The van der Waals surface area contributed by atoms with E-state index in [0.29, 0.717) is 10.6 Å². The first kappa shape index (κ1) is 16.3. The van der Waals surface area contributed by atoms with Gasteiger partial charge < -0.3 is 0 Å². The predicted octanol–water partition coefficient (Wildman–Crippen LogP) is 1.10. The molecule has 0 saturated carbocycles. The Morgan fingerprint density at radius 1 is 1.08 bits per heavy atom. The maximum atomic E-state index is 12.9. The number of nitrogens with one attached hydrogen (secondary N) is 1. The van der Waals surface area contributed by atoms with Crippen LogP contribution in [0.3, 0.4) is 0 Å². The molecule has 4 bridgehead atoms. The van der Waals surface area contributed by atoms with Gasteiger partial charge in [0.05, 0.1) is 36.8 Å². The van der Waals surface area contributed by atoms with Crippen molar-refractivity contribution in [1.82, 2.24) is 24.5 Å². The molecule has 5 heterocycles. The summed E-state index contributed by atoms with van der Waals surface area (Å²) >= 11 is 5.94.